The maximum absolute atomic E-state index is 5.22. The van der Waals surface area contributed by atoms with Crippen LogP contribution in [0.15, 0.2) is 12.7 Å². The van der Waals surface area contributed by atoms with Crippen LogP contribution in [0.3, 0.4) is 0 Å². The molecule has 3 heteroatoms. The predicted octanol–water partition coefficient (Wildman–Crippen LogP) is 2.34. The Hall–Kier alpha value is 0.459. The van der Waals surface area contributed by atoms with Gasteiger partial charge in [-0.05, 0) is 0 Å². The van der Waals surface area contributed by atoms with Gasteiger partial charge < -0.3 is 0 Å². The van der Waals surface area contributed by atoms with Crippen molar-refractivity contribution in [2.45, 2.75) is 27.8 Å². The standard InChI is InChI=1S/C4H8O2.3CH3.Sn/c1-3-4(2)6-5;;;;/h3-5H,1H2,2H3;3*1H3;/q;;;;+1/p-1. The minimum absolute atomic E-state index is 0.0101. The molecule has 1 atom stereocenters. The summed E-state index contributed by atoms with van der Waals surface area (Å²) in [6.07, 6.45) is 1.73. The van der Waals surface area contributed by atoms with Gasteiger partial charge in [0.1, 0.15) is 0 Å². The van der Waals surface area contributed by atoms with Gasteiger partial charge in [0.2, 0.25) is 0 Å². The van der Waals surface area contributed by atoms with E-state index >= 15 is 0 Å². The van der Waals surface area contributed by atoms with Crippen molar-refractivity contribution < 1.29 is 8.11 Å². The fourth-order valence-electron chi connectivity index (χ4n) is 0.260. The molecule has 0 aromatic carbocycles. The number of hydrogen-bond donors (Lipinski definition) is 0. The van der Waals surface area contributed by atoms with E-state index in [1.807, 2.05) is 6.92 Å². The molecular formula is C7H16O2Sn. The molecule has 10 heavy (non-hydrogen) atoms. The third-order valence-electron chi connectivity index (χ3n) is 0.782. The first-order valence-electron chi connectivity index (χ1n) is 3.43. The van der Waals surface area contributed by atoms with Crippen molar-refractivity contribution >= 4 is 18.8 Å². The molecule has 0 aromatic rings. The molecule has 2 nitrogen and oxygen atoms in total. The Labute approximate surface area is 67.6 Å². The van der Waals surface area contributed by atoms with Crippen molar-refractivity contribution in [3.63, 3.8) is 0 Å². The van der Waals surface area contributed by atoms with Crippen LogP contribution in [0, 0.1) is 0 Å². The van der Waals surface area contributed by atoms with E-state index in [0.29, 0.717) is 0 Å². The summed E-state index contributed by atoms with van der Waals surface area (Å²) in [6.45, 7) is 5.49. The molecule has 0 saturated heterocycles. The average Bonchev–Trinajstić information content (AvgIpc) is 1.81. The van der Waals surface area contributed by atoms with Crippen LogP contribution in [-0.4, -0.2) is 24.9 Å². The van der Waals surface area contributed by atoms with E-state index in [4.69, 9.17) is 8.11 Å². The first kappa shape index (κ1) is 10.5. The van der Waals surface area contributed by atoms with Gasteiger partial charge in [0.25, 0.3) is 0 Å². The molecule has 0 radical (unpaired) electrons. The van der Waals surface area contributed by atoms with E-state index in [0.717, 1.165) is 0 Å². The van der Waals surface area contributed by atoms with Gasteiger partial charge in [-0.1, -0.05) is 0 Å². The monoisotopic (exact) mass is 252 g/mol. The Morgan fingerprint density at radius 2 is 1.90 bits per heavy atom. The van der Waals surface area contributed by atoms with E-state index in [9.17, 15) is 0 Å². The molecule has 0 fully saturated rings. The Bertz CT molecular complexity index is 107. The first-order chi connectivity index (χ1) is 4.45. The van der Waals surface area contributed by atoms with Gasteiger partial charge in [0, 0.05) is 0 Å². The van der Waals surface area contributed by atoms with Gasteiger partial charge in [0.15, 0.2) is 0 Å². The van der Waals surface area contributed by atoms with Gasteiger partial charge in [0.05, 0.1) is 0 Å². The normalized spacial score (nSPS) is 14.8. The Balaban J connectivity index is 3.45. The van der Waals surface area contributed by atoms with E-state index < -0.39 is 18.8 Å². The van der Waals surface area contributed by atoms with Crippen molar-refractivity contribution in [1.82, 2.24) is 0 Å². The predicted molar refractivity (Wildman–Crippen MR) is 45.2 cm³/mol. The second-order valence-electron chi connectivity index (χ2n) is 3.23. The molecule has 0 aliphatic carbocycles. The third kappa shape index (κ3) is 6.58. The summed E-state index contributed by atoms with van der Waals surface area (Å²) in [5.41, 5.74) is 0. The summed E-state index contributed by atoms with van der Waals surface area (Å²) in [5, 5.41) is 0. The molecule has 0 N–H and O–H groups in total. The molecule has 0 aromatic heterocycles. The molecule has 0 amide bonds. The summed E-state index contributed by atoms with van der Waals surface area (Å²) >= 11 is -2.16. The van der Waals surface area contributed by atoms with Crippen molar-refractivity contribution in [3.8, 4) is 0 Å². The average molecular weight is 251 g/mol. The molecule has 60 valence electrons. The van der Waals surface area contributed by atoms with E-state index in [1.165, 1.54) is 0 Å². The molecule has 0 spiro atoms. The number of hydrogen-bond acceptors (Lipinski definition) is 2. The Morgan fingerprint density at radius 3 is 2.20 bits per heavy atom. The Morgan fingerprint density at radius 1 is 1.40 bits per heavy atom. The fourth-order valence-corrected chi connectivity index (χ4v) is 1.52. The third-order valence-corrected chi connectivity index (χ3v) is 2.48. The van der Waals surface area contributed by atoms with Crippen molar-refractivity contribution in [2.24, 2.45) is 0 Å². The Kier molecular flexibility index (Phi) is 4.56. The zero-order valence-corrected chi connectivity index (χ0v) is 10.0. The van der Waals surface area contributed by atoms with Crippen LogP contribution in [-0.2, 0) is 8.11 Å². The maximum atomic E-state index is 5.22. The SMILES string of the molecule is C=CC(C)O[O][Sn]([CH3])([CH3])[CH3]. The molecule has 1 unspecified atom stereocenters. The quantitative estimate of drug-likeness (QED) is 0.330. The molecule has 0 heterocycles. The van der Waals surface area contributed by atoms with Crippen LogP contribution >= 0.6 is 0 Å². The molecule has 0 aliphatic rings. The fraction of sp³-hybridized carbons (Fsp3) is 0.714. The molecular weight excluding hydrogens is 235 g/mol. The van der Waals surface area contributed by atoms with Gasteiger partial charge in [-0.2, -0.15) is 0 Å². The summed E-state index contributed by atoms with van der Waals surface area (Å²) in [5.74, 6) is 0. The van der Waals surface area contributed by atoms with E-state index in [1.54, 1.807) is 6.08 Å². The second-order valence-corrected chi connectivity index (χ2v) is 15.8. The van der Waals surface area contributed by atoms with Crippen LogP contribution in [0.25, 0.3) is 0 Å². The number of rotatable bonds is 4. The van der Waals surface area contributed by atoms with Gasteiger partial charge in [-0.3, -0.25) is 0 Å². The van der Waals surface area contributed by atoms with Gasteiger partial charge in [-0.15, -0.1) is 0 Å². The van der Waals surface area contributed by atoms with Crippen molar-refractivity contribution in [2.75, 3.05) is 0 Å². The minimum atomic E-state index is -2.16. The van der Waals surface area contributed by atoms with Crippen molar-refractivity contribution in [1.29, 1.82) is 0 Å². The van der Waals surface area contributed by atoms with E-state index in [-0.39, 0.29) is 6.10 Å². The van der Waals surface area contributed by atoms with Crippen LogP contribution < -0.4 is 0 Å². The summed E-state index contributed by atoms with van der Waals surface area (Å²) in [7, 11) is 0. The second kappa shape index (κ2) is 4.36. The molecule has 0 bridgehead atoms. The summed E-state index contributed by atoms with van der Waals surface area (Å²) in [6, 6.07) is 0. The summed E-state index contributed by atoms with van der Waals surface area (Å²) < 4.78 is 5.22. The van der Waals surface area contributed by atoms with Gasteiger partial charge >= 0.3 is 67.4 Å². The van der Waals surface area contributed by atoms with Crippen LogP contribution in [0.2, 0.25) is 14.8 Å². The van der Waals surface area contributed by atoms with Gasteiger partial charge in [-0.25, -0.2) is 0 Å². The van der Waals surface area contributed by atoms with Crippen molar-refractivity contribution in [3.05, 3.63) is 12.7 Å². The van der Waals surface area contributed by atoms with Crippen LogP contribution in [0.5, 0.6) is 0 Å². The van der Waals surface area contributed by atoms with Crippen LogP contribution in [0.4, 0.5) is 0 Å². The summed E-state index contributed by atoms with van der Waals surface area (Å²) in [4.78, 5) is 11.5. The van der Waals surface area contributed by atoms with Crippen LogP contribution in [0.1, 0.15) is 6.92 Å². The van der Waals surface area contributed by atoms with E-state index in [2.05, 4.69) is 21.4 Å². The zero-order valence-electron chi connectivity index (χ0n) is 7.18. The zero-order chi connectivity index (χ0) is 8.20. The molecule has 0 aliphatic heterocycles. The molecule has 0 saturated carbocycles. The first-order valence-corrected chi connectivity index (χ1v) is 13.2. The topological polar surface area (TPSA) is 18.5 Å². The molecule has 0 rings (SSSR count).